The van der Waals surface area contributed by atoms with Gasteiger partial charge in [0, 0.05) is 47.3 Å². The van der Waals surface area contributed by atoms with Gasteiger partial charge in [-0.15, -0.1) is 0 Å². The number of carbonyl (C=O) groups excluding carboxylic acids is 4. The van der Waals surface area contributed by atoms with Crippen molar-refractivity contribution >= 4 is 41.5 Å². The van der Waals surface area contributed by atoms with Crippen molar-refractivity contribution in [2.75, 3.05) is 53.5 Å². The summed E-state index contributed by atoms with van der Waals surface area (Å²) < 4.78 is 34.6. The number of allylic oxidation sites excluding steroid dienone is 3. The maximum Gasteiger partial charge on any atom is 0.328 e. The molecule has 1 saturated heterocycles. The number of rotatable bonds is 11. The molecule has 14 nitrogen and oxygen atoms in total. The number of ether oxygens (including phenoxy) is 6. The van der Waals surface area contributed by atoms with E-state index in [4.69, 9.17) is 40.0 Å². The summed E-state index contributed by atoms with van der Waals surface area (Å²) in [5.74, 6) is -1.70. The quantitative estimate of drug-likeness (QED) is 0.148. The third-order valence-electron chi connectivity index (χ3n) is 9.99. The van der Waals surface area contributed by atoms with Crippen LogP contribution in [0.4, 0.5) is 5.69 Å². The van der Waals surface area contributed by atoms with Crippen molar-refractivity contribution in [3.63, 3.8) is 0 Å². The Kier molecular flexibility index (Phi) is 15.2. The first kappa shape index (κ1) is 42.9. The molecule has 8 atom stereocenters. The van der Waals surface area contributed by atoms with E-state index < -0.39 is 65.5 Å². The van der Waals surface area contributed by atoms with Gasteiger partial charge in [-0.2, -0.15) is 0 Å². The average molecular weight is 752 g/mol. The van der Waals surface area contributed by atoms with Gasteiger partial charge in [-0.3, -0.25) is 14.4 Å². The Balaban J connectivity index is 2.13. The minimum atomic E-state index is -1.89. The first-order chi connectivity index (χ1) is 24.5. The molecule has 3 amide bonds. The molecule has 8 unspecified atom stereocenters. The highest BCUT2D eigenvalue weighted by molar-refractivity contribution is 6.35. The zero-order chi connectivity index (χ0) is 39.0. The molecular weight excluding hydrogens is 698 g/mol. The maximum absolute atomic E-state index is 14.1. The molecule has 2 bridgehead atoms. The van der Waals surface area contributed by atoms with Crippen molar-refractivity contribution in [3.05, 3.63) is 46.5 Å². The number of fused-ring (bicyclic) bond motifs is 3. The molecule has 0 aliphatic carbocycles. The standard InChI is InChI=1S/C37H54ClN3O11/c1-11-50-20-32(44)40(6)24(4)35(45)51-30-18-31(43)41(7)26-16-25(17-27(47-8)33(26)38)15-22(2)13-12-14-29(49-10)37(46,39-21-42)19-28(48-9)23(3)34-36(30,5)52-34/h12-14,16-17,21,23-24,28-30,34,46H,11,15,18-20H2,1-10H3,(H,39,42)/b14-12+,22-13+. The second-order valence-electron chi connectivity index (χ2n) is 13.5. The number of epoxide rings is 1. The molecule has 2 heterocycles. The van der Waals surface area contributed by atoms with Gasteiger partial charge in [0.25, 0.3) is 0 Å². The van der Waals surface area contributed by atoms with Crippen LogP contribution < -0.4 is 15.0 Å². The van der Waals surface area contributed by atoms with Crippen LogP contribution in [-0.4, -0.2) is 125 Å². The number of likely N-dealkylation sites (N-methyl/N-ethyl adjacent to an activating group) is 1. The largest absolute Gasteiger partial charge is 0.495 e. The van der Waals surface area contributed by atoms with Gasteiger partial charge in [-0.1, -0.05) is 42.3 Å². The zero-order valence-corrected chi connectivity index (χ0v) is 32.5. The summed E-state index contributed by atoms with van der Waals surface area (Å²) in [4.78, 5) is 54.7. The Morgan fingerprint density at radius 2 is 1.94 bits per heavy atom. The molecule has 2 aliphatic heterocycles. The third-order valence-corrected chi connectivity index (χ3v) is 10.4. The lowest BCUT2D eigenvalue weighted by atomic mass is 9.84. The number of amides is 3. The van der Waals surface area contributed by atoms with E-state index in [9.17, 15) is 24.3 Å². The van der Waals surface area contributed by atoms with Crippen molar-refractivity contribution in [2.24, 2.45) is 5.92 Å². The van der Waals surface area contributed by atoms with Crippen LogP contribution in [0.1, 0.15) is 53.0 Å². The Hall–Kier alpha value is -3.53. The van der Waals surface area contributed by atoms with Gasteiger partial charge in [-0.05, 0) is 51.8 Å². The van der Waals surface area contributed by atoms with Crippen LogP contribution in [0.3, 0.4) is 0 Å². The molecular formula is C37H54ClN3O11. The first-order valence-corrected chi connectivity index (χ1v) is 17.6. The molecule has 1 fully saturated rings. The Morgan fingerprint density at radius 3 is 2.54 bits per heavy atom. The number of hydrogen-bond donors (Lipinski definition) is 2. The van der Waals surface area contributed by atoms with Gasteiger partial charge in [0.1, 0.15) is 41.2 Å². The second-order valence-corrected chi connectivity index (χ2v) is 13.9. The highest BCUT2D eigenvalue weighted by Crippen LogP contribution is 2.48. The summed E-state index contributed by atoms with van der Waals surface area (Å²) in [5.41, 5.74) is -0.990. The van der Waals surface area contributed by atoms with Crippen molar-refractivity contribution in [2.45, 2.75) is 95.7 Å². The second kappa shape index (κ2) is 18.5. The van der Waals surface area contributed by atoms with Gasteiger partial charge in [0.15, 0.2) is 5.72 Å². The lowest BCUT2D eigenvalue weighted by Gasteiger charge is -2.37. The Labute approximate surface area is 311 Å². The smallest absolute Gasteiger partial charge is 0.328 e. The molecule has 3 rings (SSSR count). The maximum atomic E-state index is 14.1. The van der Waals surface area contributed by atoms with Gasteiger partial charge in [-0.25, -0.2) is 4.79 Å². The van der Waals surface area contributed by atoms with Gasteiger partial charge < -0.3 is 48.6 Å². The molecule has 0 radical (unpaired) electrons. The molecule has 1 aromatic carbocycles. The highest BCUT2D eigenvalue weighted by atomic mass is 35.5. The summed E-state index contributed by atoms with van der Waals surface area (Å²) in [6, 6.07) is 2.55. The molecule has 1 aromatic rings. The molecule has 2 N–H and O–H groups in total. The SMILES string of the molecule is CCOCC(=O)N(C)C(C)C(=O)OC1CC(=O)N(C)c2cc(cc(OC)c2Cl)C/C(C)=C/C=C/C(OC)C(O)(NC=O)CC(OC)C(C)C2OC12C. The molecule has 290 valence electrons. The molecule has 0 aromatic heterocycles. The average Bonchev–Trinajstić information content (AvgIpc) is 3.82. The van der Waals surface area contributed by atoms with Crippen LogP contribution in [0.25, 0.3) is 0 Å². The third kappa shape index (κ3) is 9.91. The first-order valence-electron chi connectivity index (χ1n) is 17.2. The van der Waals surface area contributed by atoms with E-state index in [1.807, 2.05) is 19.9 Å². The van der Waals surface area contributed by atoms with Crippen LogP contribution in [0.5, 0.6) is 5.75 Å². The van der Waals surface area contributed by atoms with E-state index in [1.165, 1.54) is 45.1 Å². The fraction of sp³-hybridized carbons (Fsp3) is 0.622. The lowest BCUT2D eigenvalue weighted by Crippen LogP contribution is -2.57. The summed E-state index contributed by atoms with van der Waals surface area (Å²) in [6.07, 6.45) is 2.19. The number of esters is 1. The highest BCUT2D eigenvalue weighted by Gasteiger charge is 2.63. The fourth-order valence-electron chi connectivity index (χ4n) is 6.44. The number of carbonyl (C=O) groups is 4. The number of nitrogens with one attached hydrogen (secondary N) is 1. The number of hydrogen-bond acceptors (Lipinski definition) is 11. The van der Waals surface area contributed by atoms with E-state index in [0.29, 0.717) is 30.9 Å². The summed E-state index contributed by atoms with van der Waals surface area (Å²) in [5, 5.41) is 14.5. The van der Waals surface area contributed by atoms with Crippen molar-refractivity contribution in [1.29, 1.82) is 0 Å². The van der Waals surface area contributed by atoms with E-state index in [-0.39, 0.29) is 24.5 Å². The van der Waals surface area contributed by atoms with E-state index >= 15 is 0 Å². The minimum Gasteiger partial charge on any atom is -0.495 e. The van der Waals surface area contributed by atoms with Gasteiger partial charge in [0.05, 0.1) is 31.4 Å². The molecule has 52 heavy (non-hydrogen) atoms. The van der Waals surface area contributed by atoms with Crippen LogP contribution in [-0.2, 0) is 49.3 Å². The summed E-state index contributed by atoms with van der Waals surface area (Å²) >= 11 is 6.75. The number of methoxy groups -OCH3 is 3. The van der Waals surface area contributed by atoms with E-state index in [1.54, 1.807) is 45.2 Å². The Morgan fingerprint density at radius 1 is 1.25 bits per heavy atom. The summed E-state index contributed by atoms with van der Waals surface area (Å²) in [6.45, 7) is 8.88. The fourth-order valence-corrected chi connectivity index (χ4v) is 6.75. The molecule has 2 aliphatic rings. The monoisotopic (exact) mass is 751 g/mol. The number of benzene rings is 1. The van der Waals surface area contributed by atoms with E-state index in [2.05, 4.69) is 5.32 Å². The van der Waals surface area contributed by atoms with E-state index in [0.717, 1.165) is 11.1 Å². The molecule has 0 spiro atoms. The van der Waals surface area contributed by atoms with Crippen molar-refractivity contribution < 1.29 is 52.7 Å². The van der Waals surface area contributed by atoms with Crippen LogP contribution in [0.15, 0.2) is 35.9 Å². The number of nitrogens with zero attached hydrogens (tertiary/aromatic N) is 2. The predicted molar refractivity (Wildman–Crippen MR) is 194 cm³/mol. The van der Waals surface area contributed by atoms with Gasteiger partial charge >= 0.3 is 5.97 Å². The Bertz CT molecular complexity index is 1510. The van der Waals surface area contributed by atoms with Crippen LogP contribution in [0.2, 0.25) is 5.02 Å². The summed E-state index contributed by atoms with van der Waals surface area (Å²) in [7, 11) is 7.42. The molecule has 15 heteroatoms. The predicted octanol–water partition coefficient (Wildman–Crippen LogP) is 3.20. The number of anilines is 1. The van der Waals surface area contributed by atoms with Crippen molar-refractivity contribution in [3.8, 4) is 5.75 Å². The topological polar surface area (TPSA) is 166 Å². The lowest BCUT2D eigenvalue weighted by molar-refractivity contribution is -0.162. The minimum absolute atomic E-state index is 0.106. The number of aliphatic hydroxyl groups is 1. The van der Waals surface area contributed by atoms with Crippen LogP contribution in [0, 0.1) is 5.92 Å². The molecule has 0 saturated carbocycles. The normalized spacial score (nSPS) is 30.6. The van der Waals surface area contributed by atoms with Crippen molar-refractivity contribution in [1.82, 2.24) is 10.2 Å². The van der Waals surface area contributed by atoms with Gasteiger partial charge in [0.2, 0.25) is 18.2 Å². The van der Waals surface area contributed by atoms with Crippen LogP contribution >= 0.6 is 11.6 Å². The number of halogens is 1. The zero-order valence-electron chi connectivity index (χ0n) is 31.8.